The van der Waals surface area contributed by atoms with Gasteiger partial charge in [0.25, 0.3) is 0 Å². The van der Waals surface area contributed by atoms with E-state index in [1.807, 2.05) is 6.92 Å². The van der Waals surface area contributed by atoms with Crippen LogP contribution in [0.5, 0.6) is 0 Å². The van der Waals surface area contributed by atoms with E-state index in [-0.39, 0.29) is 11.8 Å². The zero-order valence-corrected chi connectivity index (χ0v) is 15.7. The number of rotatable bonds is 7. The Kier molecular flexibility index (Phi) is 7.41. The summed E-state index contributed by atoms with van der Waals surface area (Å²) in [5.41, 5.74) is 0.439. The number of thiophene rings is 1. The van der Waals surface area contributed by atoms with Gasteiger partial charge in [0.1, 0.15) is 5.00 Å². The molecule has 7 heteroatoms. The molecule has 1 aliphatic heterocycles. The summed E-state index contributed by atoms with van der Waals surface area (Å²) >= 11 is 1.43. The topological polar surface area (TPSA) is 82.4 Å². The predicted molar refractivity (Wildman–Crippen MR) is 97.7 cm³/mol. The van der Waals surface area contributed by atoms with E-state index in [2.05, 4.69) is 16.3 Å². The minimum Gasteiger partial charge on any atom is -0.462 e. The number of hydrogen-bond acceptors (Lipinski definition) is 6. The molecule has 1 atom stereocenters. The number of nitriles is 1. The quantitative estimate of drug-likeness (QED) is 0.753. The predicted octanol–water partition coefficient (Wildman–Crippen LogP) is 3.05. The maximum atomic E-state index is 12.7. The zero-order valence-electron chi connectivity index (χ0n) is 14.8. The van der Waals surface area contributed by atoms with Crippen molar-refractivity contribution < 1.29 is 14.3 Å². The number of amides is 1. The van der Waals surface area contributed by atoms with E-state index >= 15 is 0 Å². The van der Waals surface area contributed by atoms with Crippen molar-refractivity contribution in [2.75, 3.05) is 31.6 Å². The molecule has 25 heavy (non-hydrogen) atoms. The number of nitrogens with zero attached hydrogens (tertiary/aromatic N) is 2. The minimum absolute atomic E-state index is 0.0586. The van der Waals surface area contributed by atoms with Crippen molar-refractivity contribution in [2.45, 2.75) is 39.5 Å². The molecule has 1 unspecified atom stereocenters. The number of aryl methyl sites for hydroxylation is 1. The number of hydrogen-bond donors (Lipinski definition) is 1. The van der Waals surface area contributed by atoms with Crippen LogP contribution < -0.4 is 5.32 Å². The summed E-state index contributed by atoms with van der Waals surface area (Å²) in [6, 6.07) is 3.95. The van der Waals surface area contributed by atoms with Crippen molar-refractivity contribution in [2.24, 2.45) is 5.92 Å². The number of likely N-dealkylation sites (tertiary alicyclic amines) is 1. The summed E-state index contributed by atoms with van der Waals surface area (Å²) in [4.78, 5) is 28.0. The van der Waals surface area contributed by atoms with E-state index in [0.717, 1.165) is 30.7 Å². The average Bonchev–Trinajstić information content (AvgIpc) is 3.03. The van der Waals surface area contributed by atoms with Gasteiger partial charge in [-0.1, -0.05) is 6.92 Å². The number of piperidine rings is 1. The molecule has 0 saturated carbocycles. The fraction of sp³-hybridized carbons (Fsp3) is 0.611. The third kappa shape index (κ3) is 5.28. The molecule has 2 heterocycles. The third-order valence-corrected chi connectivity index (χ3v) is 5.47. The number of nitrogens with one attached hydrogen (secondary N) is 1. The van der Waals surface area contributed by atoms with Gasteiger partial charge in [-0.3, -0.25) is 4.79 Å². The molecule has 1 aromatic rings. The van der Waals surface area contributed by atoms with Crippen molar-refractivity contribution in [1.29, 1.82) is 5.26 Å². The number of ether oxygens (including phenoxy) is 1. The number of carbonyl (C=O) groups is 2. The first-order valence-corrected chi connectivity index (χ1v) is 9.60. The first-order chi connectivity index (χ1) is 12.1. The summed E-state index contributed by atoms with van der Waals surface area (Å²) in [6.07, 6.45) is 3.05. The lowest BCUT2D eigenvalue weighted by Gasteiger charge is -2.31. The molecule has 2 rings (SSSR count). The maximum absolute atomic E-state index is 12.7. The molecule has 0 radical (unpaired) electrons. The van der Waals surface area contributed by atoms with Crippen molar-refractivity contribution in [3.05, 3.63) is 16.5 Å². The molecular formula is C18H25N3O3S. The lowest BCUT2D eigenvalue weighted by atomic mass is 9.97. The molecule has 6 nitrogen and oxygen atoms in total. The van der Waals surface area contributed by atoms with Crippen LogP contribution in [0.25, 0.3) is 0 Å². The van der Waals surface area contributed by atoms with Crippen LogP contribution in [0.3, 0.4) is 0 Å². The summed E-state index contributed by atoms with van der Waals surface area (Å²) in [5.74, 6) is -0.570. The Morgan fingerprint density at radius 3 is 2.96 bits per heavy atom. The Morgan fingerprint density at radius 2 is 2.28 bits per heavy atom. The van der Waals surface area contributed by atoms with Crippen molar-refractivity contribution in [1.82, 2.24) is 4.90 Å². The fourth-order valence-electron chi connectivity index (χ4n) is 2.96. The van der Waals surface area contributed by atoms with Crippen molar-refractivity contribution >= 4 is 28.2 Å². The minimum atomic E-state index is -0.395. The van der Waals surface area contributed by atoms with Crippen LogP contribution in [-0.2, 0) is 16.0 Å². The van der Waals surface area contributed by atoms with Gasteiger partial charge in [-0.05, 0) is 38.8 Å². The normalized spacial score (nSPS) is 17.7. The highest BCUT2D eigenvalue weighted by atomic mass is 32.1. The van der Waals surface area contributed by atoms with Crippen LogP contribution in [0.15, 0.2) is 6.07 Å². The summed E-state index contributed by atoms with van der Waals surface area (Å²) < 4.78 is 5.09. The molecule has 1 aromatic heterocycles. The monoisotopic (exact) mass is 363 g/mol. The second-order valence-electron chi connectivity index (χ2n) is 6.07. The second-order valence-corrected chi connectivity index (χ2v) is 7.20. The molecule has 0 aromatic carbocycles. The molecule has 1 saturated heterocycles. The Labute approximate surface area is 152 Å². The summed E-state index contributed by atoms with van der Waals surface area (Å²) in [6.45, 7) is 6.38. The van der Waals surface area contributed by atoms with Crippen molar-refractivity contribution in [3.63, 3.8) is 0 Å². The Balaban J connectivity index is 2.05. The van der Waals surface area contributed by atoms with Crippen LogP contribution in [0.1, 0.15) is 48.3 Å². The van der Waals surface area contributed by atoms with Crippen LogP contribution >= 0.6 is 11.3 Å². The highest BCUT2D eigenvalue weighted by molar-refractivity contribution is 7.16. The van der Waals surface area contributed by atoms with Gasteiger partial charge in [0.05, 0.1) is 24.2 Å². The molecule has 1 amide bonds. The van der Waals surface area contributed by atoms with Crippen LogP contribution in [-0.4, -0.2) is 43.0 Å². The van der Waals surface area contributed by atoms with E-state index in [1.54, 1.807) is 13.0 Å². The molecule has 1 fully saturated rings. The van der Waals surface area contributed by atoms with Gasteiger partial charge in [0.2, 0.25) is 5.91 Å². The van der Waals surface area contributed by atoms with Crippen LogP contribution in [0.4, 0.5) is 5.00 Å². The first kappa shape index (κ1) is 19.4. The zero-order chi connectivity index (χ0) is 18.2. The van der Waals surface area contributed by atoms with Gasteiger partial charge in [-0.15, -0.1) is 11.3 Å². The van der Waals surface area contributed by atoms with Gasteiger partial charge in [-0.2, -0.15) is 5.26 Å². The number of esters is 1. The number of anilines is 1. The average molecular weight is 363 g/mol. The molecular weight excluding hydrogens is 338 g/mol. The molecule has 1 N–H and O–H groups in total. The fourth-order valence-corrected chi connectivity index (χ4v) is 3.95. The van der Waals surface area contributed by atoms with E-state index in [4.69, 9.17) is 10.00 Å². The summed E-state index contributed by atoms with van der Waals surface area (Å²) in [7, 11) is 0. The third-order valence-electron chi connectivity index (χ3n) is 4.28. The molecule has 0 aliphatic carbocycles. The van der Waals surface area contributed by atoms with Crippen molar-refractivity contribution in [3.8, 4) is 6.07 Å². The maximum Gasteiger partial charge on any atom is 0.341 e. The SMILES string of the molecule is CCOC(=O)c1cc(CC)sc1NC(=O)C1CCCN(CCC#N)C1. The van der Waals surface area contributed by atoms with Gasteiger partial charge in [0.15, 0.2) is 0 Å². The van der Waals surface area contributed by atoms with E-state index < -0.39 is 5.97 Å². The standard InChI is InChI=1S/C18H25N3O3S/c1-3-14-11-15(18(23)24-4-2)17(25-14)20-16(22)13-7-5-9-21(12-13)10-6-8-19/h11,13H,3-7,9-10,12H2,1-2H3,(H,20,22). The molecule has 1 aliphatic rings. The molecule has 0 bridgehead atoms. The van der Waals surface area contributed by atoms with E-state index in [9.17, 15) is 9.59 Å². The lowest BCUT2D eigenvalue weighted by Crippen LogP contribution is -2.41. The van der Waals surface area contributed by atoms with Gasteiger partial charge < -0.3 is 15.0 Å². The van der Waals surface area contributed by atoms with Gasteiger partial charge in [-0.25, -0.2) is 4.79 Å². The second kappa shape index (κ2) is 9.54. The number of carbonyl (C=O) groups excluding carboxylic acids is 2. The van der Waals surface area contributed by atoms with Gasteiger partial charge in [0, 0.05) is 24.4 Å². The highest BCUT2D eigenvalue weighted by Crippen LogP contribution is 2.30. The smallest absolute Gasteiger partial charge is 0.341 e. The molecule has 0 spiro atoms. The highest BCUT2D eigenvalue weighted by Gasteiger charge is 2.27. The Bertz CT molecular complexity index is 650. The van der Waals surface area contributed by atoms with E-state index in [1.165, 1.54) is 11.3 Å². The largest absolute Gasteiger partial charge is 0.462 e. The Morgan fingerprint density at radius 1 is 1.48 bits per heavy atom. The lowest BCUT2D eigenvalue weighted by molar-refractivity contribution is -0.121. The summed E-state index contributed by atoms with van der Waals surface area (Å²) in [5, 5.41) is 12.2. The first-order valence-electron chi connectivity index (χ1n) is 8.79. The van der Waals surface area contributed by atoms with Crippen LogP contribution in [0.2, 0.25) is 0 Å². The van der Waals surface area contributed by atoms with E-state index in [0.29, 0.717) is 36.7 Å². The molecule has 136 valence electrons. The Hall–Kier alpha value is -1.91. The van der Waals surface area contributed by atoms with Crippen LogP contribution in [0, 0.1) is 17.2 Å². The van der Waals surface area contributed by atoms with Gasteiger partial charge >= 0.3 is 5.97 Å².